The average molecular weight is 227 g/mol. The first-order chi connectivity index (χ1) is 7.60. The molecule has 2 heteroatoms. The first kappa shape index (κ1) is 14.0. The molecule has 96 valence electrons. The van der Waals surface area contributed by atoms with Gasteiger partial charge in [0.05, 0.1) is 5.60 Å². The maximum absolute atomic E-state index is 10.5. The van der Waals surface area contributed by atoms with Crippen molar-refractivity contribution in [2.45, 2.75) is 64.9 Å². The van der Waals surface area contributed by atoms with Crippen LogP contribution in [0.5, 0.6) is 0 Å². The lowest BCUT2D eigenvalue weighted by Crippen LogP contribution is -2.46. The molecule has 1 rings (SSSR count). The Kier molecular flexibility index (Phi) is 5.77. The lowest BCUT2D eigenvalue weighted by atomic mass is 9.72. The predicted octanol–water partition coefficient (Wildman–Crippen LogP) is 2.95. The summed E-state index contributed by atoms with van der Waals surface area (Å²) in [7, 11) is 0. The molecule has 0 aromatic heterocycles. The summed E-state index contributed by atoms with van der Waals surface area (Å²) in [4.78, 5) is 0. The van der Waals surface area contributed by atoms with Crippen LogP contribution in [0, 0.1) is 11.8 Å². The second-order valence-corrected chi connectivity index (χ2v) is 5.67. The highest BCUT2D eigenvalue weighted by atomic mass is 16.3. The summed E-state index contributed by atoms with van der Waals surface area (Å²) < 4.78 is 0. The normalized spacial score (nSPS) is 30.0. The predicted molar refractivity (Wildman–Crippen MR) is 69.5 cm³/mol. The minimum absolute atomic E-state index is 0.496. The van der Waals surface area contributed by atoms with E-state index in [-0.39, 0.29) is 0 Å². The topological polar surface area (TPSA) is 32.3 Å². The van der Waals surface area contributed by atoms with Gasteiger partial charge in [-0.05, 0) is 44.6 Å². The summed E-state index contributed by atoms with van der Waals surface area (Å²) in [6, 6.07) is 0. The standard InChI is InChI=1S/C14H29NO/c1-4-9-15-11-14(3,16)13-8-6-7-12(5-2)10-13/h12-13,15-16H,4-11H2,1-3H3. The van der Waals surface area contributed by atoms with Crippen LogP contribution >= 0.6 is 0 Å². The fourth-order valence-corrected chi connectivity index (χ4v) is 2.89. The highest BCUT2D eigenvalue weighted by molar-refractivity contribution is 4.88. The number of rotatable bonds is 6. The Balaban J connectivity index is 2.40. The third-order valence-electron chi connectivity index (χ3n) is 4.15. The minimum Gasteiger partial charge on any atom is -0.389 e. The second kappa shape index (κ2) is 6.61. The molecule has 0 bridgehead atoms. The van der Waals surface area contributed by atoms with Crippen molar-refractivity contribution >= 4 is 0 Å². The number of hydrogen-bond acceptors (Lipinski definition) is 2. The second-order valence-electron chi connectivity index (χ2n) is 5.67. The Labute approximate surface area is 101 Å². The Morgan fingerprint density at radius 1 is 1.31 bits per heavy atom. The van der Waals surface area contributed by atoms with E-state index < -0.39 is 5.60 Å². The largest absolute Gasteiger partial charge is 0.389 e. The molecule has 2 nitrogen and oxygen atoms in total. The molecule has 1 aliphatic carbocycles. The molecule has 1 aliphatic rings. The highest BCUT2D eigenvalue weighted by Gasteiger charge is 2.34. The van der Waals surface area contributed by atoms with Crippen molar-refractivity contribution in [3.8, 4) is 0 Å². The maximum atomic E-state index is 10.5. The lowest BCUT2D eigenvalue weighted by molar-refractivity contribution is -0.0245. The van der Waals surface area contributed by atoms with Gasteiger partial charge in [-0.3, -0.25) is 0 Å². The van der Waals surface area contributed by atoms with E-state index in [0.29, 0.717) is 5.92 Å². The molecule has 0 radical (unpaired) electrons. The van der Waals surface area contributed by atoms with Gasteiger partial charge in [0, 0.05) is 6.54 Å². The minimum atomic E-state index is -0.511. The van der Waals surface area contributed by atoms with Crippen molar-refractivity contribution < 1.29 is 5.11 Å². The van der Waals surface area contributed by atoms with Crippen molar-refractivity contribution in [1.29, 1.82) is 0 Å². The van der Waals surface area contributed by atoms with E-state index in [4.69, 9.17) is 0 Å². The van der Waals surface area contributed by atoms with Gasteiger partial charge in [0.25, 0.3) is 0 Å². The van der Waals surface area contributed by atoms with E-state index in [1.807, 2.05) is 6.92 Å². The molecule has 0 aromatic rings. The van der Waals surface area contributed by atoms with Gasteiger partial charge in [0.2, 0.25) is 0 Å². The molecule has 3 unspecified atom stereocenters. The molecule has 0 spiro atoms. The van der Waals surface area contributed by atoms with Gasteiger partial charge in [-0.2, -0.15) is 0 Å². The molecule has 3 atom stereocenters. The molecule has 1 fully saturated rings. The van der Waals surface area contributed by atoms with E-state index in [0.717, 1.165) is 25.4 Å². The molecular weight excluding hydrogens is 198 g/mol. The molecule has 0 aliphatic heterocycles. The zero-order valence-electron chi connectivity index (χ0n) is 11.3. The van der Waals surface area contributed by atoms with Gasteiger partial charge in [0.15, 0.2) is 0 Å². The van der Waals surface area contributed by atoms with Crippen LogP contribution in [-0.4, -0.2) is 23.8 Å². The van der Waals surface area contributed by atoms with Crippen molar-refractivity contribution in [3.63, 3.8) is 0 Å². The van der Waals surface area contributed by atoms with Crippen molar-refractivity contribution in [3.05, 3.63) is 0 Å². The van der Waals surface area contributed by atoms with Gasteiger partial charge >= 0.3 is 0 Å². The van der Waals surface area contributed by atoms with Crippen LogP contribution in [0.15, 0.2) is 0 Å². The summed E-state index contributed by atoms with van der Waals surface area (Å²) in [5.41, 5.74) is -0.511. The molecular formula is C14H29NO. The summed E-state index contributed by atoms with van der Waals surface area (Å²) in [5.74, 6) is 1.34. The summed E-state index contributed by atoms with van der Waals surface area (Å²) in [6.07, 6.45) is 7.50. The van der Waals surface area contributed by atoms with Gasteiger partial charge in [-0.25, -0.2) is 0 Å². The Bertz CT molecular complexity index is 191. The molecule has 1 saturated carbocycles. The van der Waals surface area contributed by atoms with E-state index in [1.165, 1.54) is 32.1 Å². The van der Waals surface area contributed by atoms with Crippen molar-refractivity contribution in [2.75, 3.05) is 13.1 Å². The lowest BCUT2D eigenvalue weighted by Gasteiger charge is -2.38. The Morgan fingerprint density at radius 2 is 2.06 bits per heavy atom. The summed E-state index contributed by atoms with van der Waals surface area (Å²) in [5, 5.41) is 13.9. The van der Waals surface area contributed by atoms with Crippen LogP contribution in [0.3, 0.4) is 0 Å². The fourth-order valence-electron chi connectivity index (χ4n) is 2.89. The molecule has 0 heterocycles. The van der Waals surface area contributed by atoms with E-state index >= 15 is 0 Å². The summed E-state index contributed by atoms with van der Waals surface area (Å²) >= 11 is 0. The molecule has 2 N–H and O–H groups in total. The van der Waals surface area contributed by atoms with Gasteiger partial charge < -0.3 is 10.4 Å². The van der Waals surface area contributed by atoms with Gasteiger partial charge in [-0.1, -0.05) is 33.1 Å². The third-order valence-corrected chi connectivity index (χ3v) is 4.15. The van der Waals surface area contributed by atoms with E-state index in [1.54, 1.807) is 0 Å². The molecule has 16 heavy (non-hydrogen) atoms. The van der Waals surface area contributed by atoms with Crippen LogP contribution in [-0.2, 0) is 0 Å². The highest BCUT2D eigenvalue weighted by Crippen LogP contribution is 2.36. The number of nitrogens with one attached hydrogen (secondary N) is 1. The van der Waals surface area contributed by atoms with Gasteiger partial charge in [0.1, 0.15) is 0 Å². The average Bonchev–Trinajstić information content (AvgIpc) is 2.29. The SMILES string of the molecule is CCCNCC(C)(O)C1CCCC(CC)C1. The fraction of sp³-hybridized carbons (Fsp3) is 1.00. The monoisotopic (exact) mass is 227 g/mol. The van der Waals surface area contributed by atoms with Crippen LogP contribution in [0.25, 0.3) is 0 Å². The van der Waals surface area contributed by atoms with Crippen LogP contribution in [0.4, 0.5) is 0 Å². The van der Waals surface area contributed by atoms with Gasteiger partial charge in [-0.15, -0.1) is 0 Å². The quantitative estimate of drug-likeness (QED) is 0.684. The van der Waals surface area contributed by atoms with Crippen LogP contribution < -0.4 is 5.32 Å². The van der Waals surface area contributed by atoms with Crippen LogP contribution in [0.1, 0.15) is 59.3 Å². The zero-order chi connectivity index (χ0) is 12.0. The molecule has 0 saturated heterocycles. The Morgan fingerprint density at radius 3 is 2.69 bits per heavy atom. The zero-order valence-corrected chi connectivity index (χ0v) is 11.3. The Hall–Kier alpha value is -0.0800. The van der Waals surface area contributed by atoms with E-state index in [9.17, 15) is 5.11 Å². The van der Waals surface area contributed by atoms with Crippen LogP contribution in [0.2, 0.25) is 0 Å². The van der Waals surface area contributed by atoms with E-state index in [2.05, 4.69) is 19.2 Å². The smallest absolute Gasteiger partial charge is 0.0771 e. The molecule has 0 amide bonds. The first-order valence-corrected chi connectivity index (χ1v) is 7.03. The maximum Gasteiger partial charge on any atom is 0.0771 e. The van der Waals surface area contributed by atoms with Crippen molar-refractivity contribution in [1.82, 2.24) is 5.32 Å². The first-order valence-electron chi connectivity index (χ1n) is 7.03. The number of hydrogen-bond donors (Lipinski definition) is 2. The third kappa shape index (κ3) is 4.06. The van der Waals surface area contributed by atoms with Crippen molar-refractivity contribution in [2.24, 2.45) is 11.8 Å². The molecule has 0 aromatic carbocycles. The number of aliphatic hydroxyl groups is 1. The summed E-state index contributed by atoms with van der Waals surface area (Å²) in [6.45, 7) is 8.22.